The fourth-order valence-corrected chi connectivity index (χ4v) is 1.45. The molecule has 2 nitrogen and oxygen atoms in total. The van der Waals surface area contributed by atoms with Gasteiger partial charge in [0.15, 0.2) is 0 Å². The monoisotopic (exact) mass is 210 g/mol. The van der Waals surface area contributed by atoms with Crippen LogP contribution >= 0.6 is 0 Å². The number of hydrogen-bond acceptors (Lipinski definition) is 1. The van der Waals surface area contributed by atoms with Crippen LogP contribution in [0.2, 0.25) is 0 Å². The molecule has 0 atom stereocenters. The van der Waals surface area contributed by atoms with Crippen LogP contribution in [0.15, 0.2) is 35.3 Å². The maximum atomic E-state index is 4.32. The van der Waals surface area contributed by atoms with Gasteiger partial charge in [0.2, 0.25) is 0 Å². The van der Waals surface area contributed by atoms with E-state index in [0.717, 1.165) is 5.69 Å². The zero-order valence-corrected chi connectivity index (χ0v) is 10.9. The zero-order chi connectivity index (χ0) is 11.3. The van der Waals surface area contributed by atoms with Crippen molar-refractivity contribution in [1.82, 2.24) is 4.90 Å². The van der Waals surface area contributed by atoms with Crippen LogP contribution in [0.1, 0.15) is 27.7 Å². The van der Waals surface area contributed by atoms with Crippen LogP contribution < -0.4 is 18.9 Å². The van der Waals surface area contributed by atoms with Crippen LogP contribution in [0.4, 0.5) is 5.69 Å². The first-order valence-electron chi connectivity index (χ1n) is 5.41. The maximum absolute atomic E-state index is 4.32. The number of benzene rings is 1. The van der Waals surface area contributed by atoms with Crippen molar-refractivity contribution in [3.63, 3.8) is 0 Å². The Kier molecular flexibility index (Phi) is 7.21. The van der Waals surface area contributed by atoms with E-state index in [0.29, 0.717) is 12.1 Å². The normalized spacial score (nSPS) is 10.9. The fourth-order valence-electron chi connectivity index (χ4n) is 1.45. The van der Waals surface area contributed by atoms with Crippen LogP contribution in [0.3, 0.4) is 0 Å². The molecule has 0 spiro atoms. The fraction of sp³-hybridized carbons (Fsp3) is 0.462. The van der Waals surface area contributed by atoms with Gasteiger partial charge in [-0.3, -0.25) is 0 Å². The largest absolute Gasteiger partial charge is 1.00 e. The predicted octanol–water partition coefficient (Wildman–Crippen LogP) is 0.346. The van der Waals surface area contributed by atoms with Crippen molar-refractivity contribution >= 4 is 12.0 Å². The molecule has 0 heterocycles. The van der Waals surface area contributed by atoms with Gasteiger partial charge in [0.05, 0.1) is 0 Å². The van der Waals surface area contributed by atoms with Crippen molar-refractivity contribution in [3.05, 3.63) is 30.3 Å². The molecule has 0 aliphatic rings. The third kappa shape index (κ3) is 4.87. The second-order valence-corrected chi connectivity index (χ2v) is 4.14. The van der Waals surface area contributed by atoms with E-state index in [1.165, 1.54) is 0 Å². The van der Waals surface area contributed by atoms with Gasteiger partial charge in [-0.2, -0.15) is 0 Å². The average molecular weight is 210 g/mol. The van der Waals surface area contributed by atoms with Crippen LogP contribution in [-0.4, -0.2) is 23.3 Å². The topological polar surface area (TPSA) is 15.6 Å². The van der Waals surface area contributed by atoms with Gasteiger partial charge in [-0.15, -0.1) is 12.1 Å². The minimum Gasteiger partial charge on any atom is -0.441 e. The van der Waals surface area contributed by atoms with Gasteiger partial charge < -0.3 is 9.89 Å². The van der Waals surface area contributed by atoms with E-state index in [1.54, 1.807) is 0 Å². The number of hydrogen-bond donors (Lipinski definition) is 0. The molecule has 82 valence electrons. The molecule has 3 heteroatoms. The molecule has 0 saturated carbocycles. The van der Waals surface area contributed by atoms with Crippen LogP contribution in [0.5, 0.6) is 0 Å². The maximum Gasteiger partial charge on any atom is 1.00 e. The smallest absolute Gasteiger partial charge is 0.441 e. The van der Waals surface area contributed by atoms with E-state index in [4.69, 9.17) is 0 Å². The molecule has 0 amide bonds. The Morgan fingerprint density at radius 2 is 1.50 bits per heavy atom. The Bertz CT molecular complexity index is 299. The molecular weight excluding hydrogens is 191 g/mol. The quantitative estimate of drug-likeness (QED) is 0.230. The van der Waals surface area contributed by atoms with Crippen molar-refractivity contribution in [3.8, 4) is 0 Å². The van der Waals surface area contributed by atoms with Gasteiger partial charge >= 0.3 is 18.9 Å². The molecule has 0 radical (unpaired) electrons. The minimum absolute atomic E-state index is 0. The first-order chi connectivity index (χ1) is 7.11. The summed E-state index contributed by atoms with van der Waals surface area (Å²) in [5.74, 6) is 0. The Balaban J connectivity index is 0.00000225. The van der Waals surface area contributed by atoms with Gasteiger partial charge in [0, 0.05) is 12.1 Å². The summed E-state index contributed by atoms with van der Waals surface area (Å²) in [6, 6.07) is 10.8. The number of nitrogens with zero attached hydrogens (tertiary/aromatic N) is 2. The molecule has 0 aliphatic heterocycles. The molecule has 0 aliphatic carbocycles. The Labute approximate surface area is 111 Å². The standard InChI is InChI=1S/C13H19N2.Li/c1-11(2)15(12(3)4)10-14-13-8-6-5-7-9-13;/h5-9,11-12H,1-4H3;/q-1;+1. The second-order valence-electron chi connectivity index (χ2n) is 4.14. The second kappa shape index (κ2) is 7.54. The van der Waals surface area contributed by atoms with Crippen molar-refractivity contribution in [1.29, 1.82) is 0 Å². The van der Waals surface area contributed by atoms with Crippen LogP contribution in [-0.2, 0) is 0 Å². The minimum atomic E-state index is 0. The Morgan fingerprint density at radius 1 is 1.00 bits per heavy atom. The van der Waals surface area contributed by atoms with Crippen molar-refractivity contribution < 1.29 is 18.9 Å². The molecule has 1 aromatic carbocycles. The van der Waals surface area contributed by atoms with Gasteiger partial charge in [-0.1, -0.05) is 30.2 Å². The van der Waals surface area contributed by atoms with E-state index >= 15 is 0 Å². The number of para-hydroxylation sites is 1. The molecule has 0 bridgehead atoms. The molecule has 0 N–H and O–H groups in total. The number of rotatable bonds is 4. The van der Waals surface area contributed by atoms with Gasteiger partial charge in [0.1, 0.15) is 0 Å². The van der Waals surface area contributed by atoms with E-state index in [-0.39, 0.29) is 18.9 Å². The summed E-state index contributed by atoms with van der Waals surface area (Å²) in [7, 11) is 0. The summed E-state index contributed by atoms with van der Waals surface area (Å²) in [5, 5.41) is 0. The van der Waals surface area contributed by atoms with E-state index < -0.39 is 0 Å². The molecule has 0 unspecified atom stereocenters. The zero-order valence-electron chi connectivity index (χ0n) is 10.9. The molecule has 16 heavy (non-hydrogen) atoms. The van der Waals surface area contributed by atoms with Gasteiger partial charge in [0.25, 0.3) is 0 Å². The van der Waals surface area contributed by atoms with E-state index in [1.807, 2.05) is 30.3 Å². The predicted molar refractivity (Wildman–Crippen MR) is 65.6 cm³/mol. The first kappa shape index (κ1) is 15.3. The Morgan fingerprint density at radius 3 is 1.94 bits per heavy atom. The van der Waals surface area contributed by atoms with Crippen molar-refractivity contribution in [2.24, 2.45) is 4.99 Å². The molecule has 1 aromatic rings. The molecule has 0 aromatic heterocycles. The third-order valence-corrected chi connectivity index (χ3v) is 2.16. The van der Waals surface area contributed by atoms with Crippen LogP contribution in [0.25, 0.3) is 0 Å². The molecule has 1 rings (SSSR count). The average Bonchev–Trinajstić information content (AvgIpc) is 2.18. The summed E-state index contributed by atoms with van der Waals surface area (Å²) in [5.41, 5.74) is 0.948. The summed E-state index contributed by atoms with van der Waals surface area (Å²) in [6.07, 6.45) is 3.09. The van der Waals surface area contributed by atoms with Crippen molar-refractivity contribution in [2.45, 2.75) is 39.8 Å². The van der Waals surface area contributed by atoms with Gasteiger partial charge in [-0.25, -0.2) is 0 Å². The summed E-state index contributed by atoms with van der Waals surface area (Å²) >= 11 is 0. The molecule has 0 fully saturated rings. The number of aliphatic imine (C=N–C) groups is 1. The molecule has 0 saturated heterocycles. The Hall–Kier alpha value is -0.713. The van der Waals surface area contributed by atoms with E-state index in [2.05, 4.69) is 43.9 Å². The first-order valence-corrected chi connectivity index (χ1v) is 5.41. The summed E-state index contributed by atoms with van der Waals surface area (Å²) in [6.45, 7) is 8.59. The summed E-state index contributed by atoms with van der Waals surface area (Å²) < 4.78 is 0. The van der Waals surface area contributed by atoms with E-state index in [9.17, 15) is 0 Å². The van der Waals surface area contributed by atoms with Crippen molar-refractivity contribution in [2.75, 3.05) is 0 Å². The molecular formula is C13H19LiN2. The SMILES string of the molecule is CC(C)N([C-]=Nc1ccccc1)C(C)C.[Li+]. The third-order valence-electron chi connectivity index (χ3n) is 2.16. The van der Waals surface area contributed by atoms with Crippen LogP contribution in [0, 0.1) is 0 Å². The van der Waals surface area contributed by atoms with Gasteiger partial charge in [-0.05, 0) is 27.7 Å². The summed E-state index contributed by atoms with van der Waals surface area (Å²) in [4.78, 5) is 6.44.